The highest BCUT2D eigenvalue weighted by Crippen LogP contribution is 2.22. The Kier molecular flexibility index (Phi) is 7.22. The van der Waals surface area contributed by atoms with Crippen LogP contribution in [0.2, 0.25) is 0 Å². The third kappa shape index (κ3) is 5.56. The second-order valence-electron chi connectivity index (χ2n) is 7.70. The number of carbonyl (C=O) groups excluding carboxylic acids is 2. The van der Waals surface area contributed by atoms with Gasteiger partial charge in [-0.15, -0.1) is 0 Å². The number of nitrogens with zero attached hydrogens (tertiary/aromatic N) is 1. The first kappa shape index (κ1) is 22.1. The third-order valence-electron chi connectivity index (χ3n) is 5.48. The van der Waals surface area contributed by atoms with E-state index >= 15 is 0 Å². The zero-order chi connectivity index (χ0) is 22.3. The summed E-state index contributed by atoms with van der Waals surface area (Å²) in [5.74, 6) is 0.633. The maximum absolute atomic E-state index is 12.6. The Morgan fingerprint density at radius 3 is 2.25 bits per heavy atom. The quantitative estimate of drug-likeness (QED) is 0.386. The smallest absolute Gasteiger partial charge is 0.410 e. The first-order valence-corrected chi connectivity index (χ1v) is 11.4. The van der Waals surface area contributed by atoms with E-state index in [1.54, 1.807) is 41.3 Å². The third-order valence-corrected chi connectivity index (χ3v) is 6.01. The summed E-state index contributed by atoms with van der Waals surface area (Å²) in [6.45, 7) is 1.32. The van der Waals surface area contributed by atoms with E-state index in [1.807, 2.05) is 42.5 Å². The van der Waals surface area contributed by atoms with Crippen LogP contribution in [0.5, 0.6) is 5.75 Å². The van der Waals surface area contributed by atoms with Crippen molar-refractivity contribution in [1.82, 2.24) is 4.90 Å². The van der Waals surface area contributed by atoms with Crippen LogP contribution >= 0.6 is 15.9 Å². The number of hydrogen-bond acceptors (Lipinski definition) is 4. The van der Waals surface area contributed by atoms with Crippen molar-refractivity contribution in [2.75, 3.05) is 13.2 Å². The predicted molar refractivity (Wildman–Crippen MR) is 126 cm³/mol. The van der Waals surface area contributed by atoms with E-state index in [9.17, 15) is 9.59 Å². The van der Waals surface area contributed by atoms with Crippen molar-refractivity contribution in [1.29, 1.82) is 0 Å². The lowest BCUT2D eigenvalue weighted by Crippen LogP contribution is -2.39. The molecule has 6 heteroatoms. The van der Waals surface area contributed by atoms with Crippen LogP contribution in [-0.2, 0) is 11.3 Å². The monoisotopic (exact) mass is 493 g/mol. The molecule has 0 aromatic heterocycles. The number of rotatable bonds is 7. The molecular weight excluding hydrogens is 470 g/mol. The Morgan fingerprint density at radius 2 is 1.56 bits per heavy atom. The second kappa shape index (κ2) is 10.5. The van der Waals surface area contributed by atoms with E-state index in [2.05, 4.69) is 15.9 Å². The number of halogens is 1. The molecule has 0 saturated carbocycles. The lowest BCUT2D eigenvalue weighted by atomic mass is 10.0. The van der Waals surface area contributed by atoms with Crippen LogP contribution in [-0.4, -0.2) is 36.0 Å². The van der Waals surface area contributed by atoms with Gasteiger partial charge >= 0.3 is 6.09 Å². The van der Waals surface area contributed by atoms with Crippen LogP contribution in [0.4, 0.5) is 4.79 Å². The molecule has 0 N–H and O–H groups in total. The van der Waals surface area contributed by atoms with Gasteiger partial charge in [0.15, 0.2) is 5.78 Å². The summed E-state index contributed by atoms with van der Waals surface area (Å²) in [6.07, 6.45) is 1.49. The van der Waals surface area contributed by atoms with Crippen LogP contribution < -0.4 is 4.74 Å². The molecule has 1 aliphatic rings. The maximum atomic E-state index is 12.6. The molecular formula is C26H24BrNO4. The van der Waals surface area contributed by atoms with E-state index in [0.29, 0.717) is 30.0 Å². The van der Waals surface area contributed by atoms with Crippen LogP contribution in [0, 0.1) is 0 Å². The van der Waals surface area contributed by atoms with Gasteiger partial charge in [-0.2, -0.15) is 0 Å². The molecule has 3 aromatic rings. The molecule has 0 aliphatic carbocycles. The summed E-state index contributed by atoms with van der Waals surface area (Å²) in [7, 11) is 0. The lowest BCUT2D eigenvalue weighted by Gasteiger charge is -2.24. The summed E-state index contributed by atoms with van der Waals surface area (Å²) < 4.78 is 12.3. The molecule has 1 saturated heterocycles. The van der Waals surface area contributed by atoms with E-state index in [0.717, 1.165) is 22.9 Å². The molecule has 0 spiro atoms. The minimum Gasteiger partial charge on any atom is -0.491 e. The first-order valence-electron chi connectivity index (χ1n) is 10.6. The van der Waals surface area contributed by atoms with E-state index in [-0.39, 0.29) is 24.5 Å². The number of benzene rings is 3. The Labute approximate surface area is 196 Å². The second-order valence-corrected chi connectivity index (χ2v) is 8.62. The molecule has 32 heavy (non-hydrogen) atoms. The predicted octanol–water partition coefficient (Wildman–Crippen LogP) is 5.86. The van der Waals surface area contributed by atoms with Crippen LogP contribution in [0.1, 0.15) is 34.3 Å². The van der Waals surface area contributed by atoms with Crippen molar-refractivity contribution >= 4 is 27.8 Å². The Morgan fingerprint density at radius 1 is 0.906 bits per heavy atom. The SMILES string of the molecule is O=C(c1ccc(Br)cc1)c1ccc(OC[C@@H]2CCCN2C(=O)OCc2ccccc2)cc1. The topological polar surface area (TPSA) is 55.8 Å². The number of carbonyl (C=O) groups is 2. The zero-order valence-corrected chi connectivity index (χ0v) is 19.2. The van der Waals surface area contributed by atoms with Gasteiger partial charge in [0.2, 0.25) is 0 Å². The number of hydrogen-bond donors (Lipinski definition) is 0. The first-order chi connectivity index (χ1) is 15.6. The molecule has 1 atom stereocenters. The van der Waals surface area contributed by atoms with Gasteiger partial charge in [0.25, 0.3) is 0 Å². The zero-order valence-electron chi connectivity index (χ0n) is 17.6. The van der Waals surface area contributed by atoms with Crippen LogP contribution in [0.3, 0.4) is 0 Å². The van der Waals surface area contributed by atoms with Crippen molar-refractivity contribution in [3.8, 4) is 5.75 Å². The van der Waals surface area contributed by atoms with Gasteiger partial charge in [-0.25, -0.2) is 4.79 Å². The van der Waals surface area contributed by atoms with Crippen LogP contribution in [0.15, 0.2) is 83.3 Å². The van der Waals surface area contributed by atoms with Crippen molar-refractivity contribution in [2.24, 2.45) is 0 Å². The molecule has 0 bridgehead atoms. The highest BCUT2D eigenvalue weighted by molar-refractivity contribution is 9.10. The van der Waals surface area contributed by atoms with Gasteiger partial charge in [0, 0.05) is 22.1 Å². The molecule has 5 nitrogen and oxygen atoms in total. The number of ether oxygens (including phenoxy) is 2. The summed E-state index contributed by atoms with van der Waals surface area (Å²) in [5, 5.41) is 0. The maximum Gasteiger partial charge on any atom is 0.410 e. The van der Waals surface area contributed by atoms with Crippen molar-refractivity contribution in [3.05, 3.63) is 100 Å². The average molecular weight is 494 g/mol. The number of ketones is 1. The molecule has 4 rings (SSSR count). The van der Waals surface area contributed by atoms with Gasteiger partial charge in [-0.3, -0.25) is 4.79 Å². The summed E-state index contributed by atoms with van der Waals surface area (Å²) in [5.41, 5.74) is 2.20. The largest absolute Gasteiger partial charge is 0.491 e. The molecule has 1 heterocycles. The number of amides is 1. The minimum atomic E-state index is -0.310. The van der Waals surface area contributed by atoms with Crippen LogP contribution in [0.25, 0.3) is 0 Å². The Balaban J connectivity index is 1.30. The summed E-state index contributed by atoms with van der Waals surface area (Å²) in [6, 6.07) is 24.0. The molecule has 0 radical (unpaired) electrons. The number of likely N-dealkylation sites (tertiary alicyclic amines) is 1. The summed E-state index contributed by atoms with van der Waals surface area (Å²) >= 11 is 3.38. The average Bonchev–Trinajstić information content (AvgIpc) is 3.31. The van der Waals surface area contributed by atoms with Crippen molar-refractivity contribution < 1.29 is 19.1 Å². The highest BCUT2D eigenvalue weighted by atomic mass is 79.9. The fourth-order valence-electron chi connectivity index (χ4n) is 3.71. The molecule has 1 fully saturated rings. The molecule has 164 valence electrons. The molecule has 1 aliphatic heterocycles. The standard InChI is InChI=1S/C26H24BrNO4/c27-22-12-8-20(9-13-22)25(29)21-10-14-24(15-11-21)31-18-23-7-4-16-28(23)26(30)32-17-19-5-2-1-3-6-19/h1-3,5-6,8-15,23H,4,7,16-18H2/t23-/m0/s1. The molecule has 1 amide bonds. The van der Waals surface area contributed by atoms with E-state index < -0.39 is 0 Å². The molecule has 0 unspecified atom stereocenters. The highest BCUT2D eigenvalue weighted by Gasteiger charge is 2.30. The van der Waals surface area contributed by atoms with Gasteiger partial charge in [-0.05, 0) is 66.9 Å². The van der Waals surface area contributed by atoms with Gasteiger partial charge in [0.1, 0.15) is 19.0 Å². The van der Waals surface area contributed by atoms with Gasteiger partial charge in [0.05, 0.1) is 6.04 Å². The Hall–Kier alpha value is -3.12. The van der Waals surface area contributed by atoms with Gasteiger partial charge < -0.3 is 14.4 Å². The normalized spacial score (nSPS) is 15.4. The van der Waals surface area contributed by atoms with Crippen molar-refractivity contribution in [3.63, 3.8) is 0 Å². The fourth-order valence-corrected chi connectivity index (χ4v) is 3.98. The minimum absolute atomic E-state index is 0.0256. The Bertz CT molecular complexity index is 1050. The summed E-state index contributed by atoms with van der Waals surface area (Å²) in [4.78, 5) is 26.9. The molecule has 3 aromatic carbocycles. The fraction of sp³-hybridized carbons (Fsp3) is 0.231. The van der Waals surface area contributed by atoms with E-state index in [4.69, 9.17) is 9.47 Å². The van der Waals surface area contributed by atoms with Crippen molar-refractivity contribution in [2.45, 2.75) is 25.5 Å². The van der Waals surface area contributed by atoms with E-state index in [1.165, 1.54) is 0 Å². The van der Waals surface area contributed by atoms with Gasteiger partial charge in [-0.1, -0.05) is 46.3 Å². The lowest BCUT2D eigenvalue weighted by molar-refractivity contribution is 0.0823.